The quantitative estimate of drug-likeness (QED) is 0.745. The van der Waals surface area contributed by atoms with E-state index >= 15 is 0 Å². The summed E-state index contributed by atoms with van der Waals surface area (Å²) in [5, 5.41) is 3.43. The van der Waals surface area contributed by atoms with E-state index in [0.717, 1.165) is 39.4 Å². The molecule has 1 N–H and O–H groups in total. The van der Waals surface area contributed by atoms with E-state index in [1.165, 1.54) is 0 Å². The number of likely N-dealkylation sites (N-methyl/N-ethyl adjacent to an activating group) is 1. The molecule has 2 rings (SSSR count). The Labute approximate surface area is 98.3 Å². The van der Waals surface area contributed by atoms with Gasteiger partial charge in [-0.25, -0.2) is 0 Å². The van der Waals surface area contributed by atoms with Crippen molar-refractivity contribution in [3.8, 4) is 0 Å². The highest BCUT2D eigenvalue weighted by atomic mass is 16.5. The van der Waals surface area contributed by atoms with Gasteiger partial charge in [-0.05, 0) is 27.3 Å². The highest BCUT2D eigenvalue weighted by molar-refractivity contribution is 4.95. The topological polar surface area (TPSA) is 33.7 Å². The molecule has 0 radical (unpaired) electrons. The third kappa shape index (κ3) is 2.40. The fourth-order valence-electron chi connectivity index (χ4n) is 2.85. The van der Waals surface area contributed by atoms with Gasteiger partial charge in [0.1, 0.15) is 0 Å². The standard InChI is InChI=1S/C12H24N2O2/c1-12(2)9-16-7-5-14(12)11-8-15-6-4-10(11)13-3/h10-11,13H,4-9H2,1-3H3. The molecule has 0 saturated carbocycles. The van der Waals surface area contributed by atoms with Gasteiger partial charge < -0.3 is 14.8 Å². The molecule has 16 heavy (non-hydrogen) atoms. The minimum Gasteiger partial charge on any atom is -0.380 e. The molecule has 0 aromatic heterocycles. The summed E-state index contributed by atoms with van der Waals surface area (Å²) in [6.07, 6.45) is 1.11. The van der Waals surface area contributed by atoms with Crippen LogP contribution in [0.2, 0.25) is 0 Å². The minimum atomic E-state index is 0.124. The van der Waals surface area contributed by atoms with Crippen LogP contribution >= 0.6 is 0 Å². The van der Waals surface area contributed by atoms with Crippen LogP contribution in [-0.4, -0.2) is 62.5 Å². The lowest BCUT2D eigenvalue weighted by atomic mass is 9.94. The van der Waals surface area contributed by atoms with E-state index in [9.17, 15) is 0 Å². The van der Waals surface area contributed by atoms with Gasteiger partial charge in [-0.15, -0.1) is 0 Å². The Kier molecular flexibility index (Phi) is 3.85. The summed E-state index contributed by atoms with van der Waals surface area (Å²) in [7, 11) is 2.05. The summed E-state index contributed by atoms with van der Waals surface area (Å²) in [5.74, 6) is 0. The average Bonchev–Trinajstić information content (AvgIpc) is 2.28. The van der Waals surface area contributed by atoms with E-state index < -0.39 is 0 Å². The summed E-state index contributed by atoms with van der Waals surface area (Å²) in [6.45, 7) is 8.91. The Hall–Kier alpha value is -0.160. The van der Waals surface area contributed by atoms with Crippen LogP contribution in [0.15, 0.2) is 0 Å². The van der Waals surface area contributed by atoms with Gasteiger partial charge in [0, 0.05) is 30.8 Å². The fraction of sp³-hybridized carbons (Fsp3) is 1.00. The van der Waals surface area contributed by atoms with Crippen molar-refractivity contribution >= 4 is 0 Å². The number of ether oxygens (including phenoxy) is 2. The third-order valence-electron chi connectivity index (χ3n) is 3.81. The van der Waals surface area contributed by atoms with Gasteiger partial charge in [0.2, 0.25) is 0 Å². The second-order valence-electron chi connectivity index (χ2n) is 5.38. The van der Waals surface area contributed by atoms with Gasteiger partial charge in [-0.2, -0.15) is 0 Å². The highest BCUT2D eigenvalue weighted by Gasteiger charge is 2.39. The number of nitrogens with one attached hydrogen (secondary N) is 1. The zero-order valence-corrected chi connectivity index (χ0v) is 10.7. The summed E-state index contributed by atoms with van der Waals surface area (Å²) in [5.41, 5.74) is 0.124. The van der Waals surface area contributed by atoms with Gasteiger partial charge in [0.15, 0.2) is 0 Å². The highest BCUT2D eigenvalue weighted by Crippen LogP contribution is 2.25. The van der Waals surface area contributed by atoms with E-state index in [0.29, 0.717) is 12.1 Å². The second kappa shape index (κ2) is 5.00. The molecule has 2 aliphatic heterocycles. The van der Waals surface area contributed by atoms with Gasteiger partial charge in [-0.3, -0.25) is 4.90 Å². The van der Waals surface area contributed by atoms with Gasteiger partial charge in [0.05, 0.1) is 19.8 Å². The lowest BCUT2D eigenvalue weighted by Gasteiger charge is -2.50. The Balaban J connectivity index is 2.08. The Morgan fingerprint density at radius 3 is 2.75 bits per heavy atom. The molecule has 2 heterocycles. The average molecular weight is 228 g/mol. The molecule has 94 valence electrons. The first-order chi connectivity index (χ1) is 7.65. The normalized spacial score (nSPS) is 36.2. The maximum Gasteiger partial charge on any atom is 0.0645 e. The molecule has 4 heteroatoms. The summed E-state index contributed by atoms with van der Waals surface area (Å²) in [4.78, 5) is 2.55. The second-order valence-corrected chi connectivity index (χ2v) is 5.38. The molecule has 0 aromatic carbocycles. The zero-order chi connectivity index (χ0) is 11.6. The maximum atomic E-state index is 5.64. The minimum absolute atomic E-state index is 0.124. The number of morpholine rings is 1. The van der Waals surface area contributed by atoms with E-state index in [1.54, 1.807) is 0 Å². The van der Waals surface area contributed by atoms with Crippen molar-refractivity contribution < 1.29 is 9.47 Å². The van der Waals surface area contributed by atoms with Crippen molar-refractivity contribution in [1.29, 1.82) is 0 Å². The van der Waals surface area contributed by atoms with Crippen LogP contribution in [0.4, 0.5) is 0 Å². The van der Waals surface area contributed by atoms with Crippen LogP contribution in [0.3, 0.4) is 0 Å². The number of hydrogen-bond donors (Lipinski definition) is 1. The number of nitrogens with zero attached hydrogens (tertiary/aromatic N) is 1. The molecule has 0 bridgehead atoms. The molecular formula is C12H24N2O2. The molecule has 0 aromatic rings. The Morgan fingerprint density at radius 2 is 2.06 bits per heavy atom. The molecule has 2 atom stereocenters. The van der Waals surface area contributed by atoms with Crippen molar-refractivity contribution in [2.75, 3.05) is 40.0 Å². The first-order valence-electron chi connectivity index (χ1n) is 6.24. The molecule has 4 nitrogen and oxygen atoms in total. The monoisotopic (exact) mass is 228 g/mol. The summed E-state index contributed by atoms with van der Waals surface area (Å²) >= 11 is 0. The number of hydrogen-bond acceptors (Lipinski definition) is 4. The molecule has 2 fully saturated rings. The summed E-state index contributed by atoms with van der Waals surface area (Å²) in [6, 6.07) is 1.03. The Morgan fingerprint density at radius 1 is 1.25 bits per heavy atom. The lowest BCUT2D eigenvalue weighted by molar-refractivity contribution is -0.107. The fourth-order valence-corrected chi connectivity index (χ4v) is 2.85. The SMILES string of the molecule is CNC1CCOCC1N1CCOCC1(C)C. The molecule has 0 aliphatic carbocycles. The van der Waals surface area contributed by atoms with Crippen molar-refractivity contribution in [2.45, 2.75) is 37.9 Å². The number of rotatable bonds is 2. The van der Waals surface area contributed by atoms with Crippen LogP contribution in [0.1, 0.15) is 20.3 Å². The van der Waals surface area contributed by atoms with Gasteiger partial charge in [-0.1, -0.05) is 0 Å². The molecule has 0 spiro atoms. The van der Waals surface area contributed by atoms with Crippen LogP contribution in [0.5, 0.6) is 0 Å². The van der Waals surface area contributed by atoms with Gasteiger partial charge in [0.25, 0.3) is 0 Å². The smallest absolute Gasteiger partial charge is 0.0645 e. The van der Waals surface area contributed by atoms with Crippen LogP contribution in [0.25, 0.3) is 0 Å². The molecule has 2 saturated heterocycles. The largest absolute Gasteiger partial charge is 0.380 e. The lowest BCUT2D eigenvalue weighted by Crippen LogP contribution is -2.64. The van der Waals surface area contributed by atoms with Crippen molar-refractivity contribution in [2.24, 2.45) is 0 Å². The van der Waals surface area contributed by atoms with Crippen molar-refractivity contribution in [3.05, 3.63) is 0 Å². The maximum absolute atomic E-state index is 5.64. The summed E-state index contributed by atoms with van der Waals surface area (Å²) < 4.78 is 11.2. The van der Waals surface area contributed by atoms with Crippen molar-refractivity contribution in [3.63, 3.8) is 0 Å². The molecular weight excluding hydrogens is 204 g/mol. The predicted molar refractivity (Wildman–Crippen MR) is 63.7 cm³/mol. The van der Waals surface area contributed by atoms with Crippen LogP contribution in [0, 0.1) is 0 Å². The zero-order valence-electron chi connectivity index (χ0n) is 10.7. The molecule has 0 amide bonds. The molecule has 2 unspecified atom stereocenters. The van der Waals surface area contributed by atoms with E-state index in [2.05, 4.69) is 31.1 Å². The van der Waals surface area contributed by atoms with Crippen LogP contribution < -0.4 is 5.32 Å². The van der Waals surface area contributed by atoms with Crippen molar-refractivity contribution in [1.82, 2.24) is 10.2 Å². The predicted octanol–water partition coefficient (Wildman–Crippen LogP) is 0.474. The van der Waals surface area contributed by atoms with E-state index in [1.807, 2.05) is 0 Å². The first kappa shape index (κ1) is 12.3. The first-order valence-corrected chi connectivity index (χ1v) is 6.24. The van der Waals surface area contributed by atoms with Gasteiger partial charge >= 0.3 is 0 Å². The van der Waals surface area contributed by atoms with Crippen LogP contribution in [-0.2, 0) is 9.47 Å². The van der Waals surface area contributed by atoms with E-state index in [4.69, 9.17) is 9.47 Å². The molecule has 2 aliphatic rings. The third-order valence-corrected chi connectivity index (χ3v) is 3.81. The van der Waals surface area contributed by atoms with E-state index in [-0.39, 0.29) is 5.54 Å². The Bertz CT molecular complexity index is 233.